The molecule has 0 spiro atoms. The first-order valence-corrected chi connectivity index (χ1v) is 8.51. The molecule has 1 N–H and O–H groups in total. The second kappa shape index (κ2) is 9.68. The number of hydrogen-bond acceptors (Lipinski definition) is 5. The Balaban J connectivity index is 1.91. The molecule has 0 saturated heterocycles. The standard InChI is InChI=1S/C20H21F2NO5/c1-12-7-6-8-13(2)18(12)26-11-17(24)27-14(3)19(25)23-15-9-4-5-10-16(15)28-20(21)22/h4-10,14,20H,11H2,1-3H3,(H,23,25)/t14-/m1/s1. The molecule has 2 aromatic rings. The minimum atomic E-state index is -3.03. The minimum Gasteiger partial charge on any atom is -0.481 e. The van der Waals surface area contributed by atoms with Gasteiger partial charge in [-0.05, 0) is 44.0 Å². The minimum absolute atomic E-state index is 0.0440. The third kappa shape index (κ3) is 5.94. The molecule has 0 aliphatic rings. The van der Waals surface area contributed by atoms with Gasteiger partial charge in [-0.2, -0.15) is 8.78 Å². The lowest BCUT2D eigenvalue weighted by molar-refractivity contribution is -0.155. The summed E-state index contributed by atoms with van der Waals surface area (Å²) >= 11 is 0. The van der Waals surface area contributed by atoms with Crippen molar-refractivity contribution in [3.63, 3.8) is 0 Å². The molecule has 0 bridgehead atoms. The lowest BCUT2D eigenvalue weighted by Crippen LogP contribution is -2.32. The molecule has 2 aromatic carbocycles. The van der Waals surface area contributed by atoms with E-state index in [4.69, 9.17) is 9.47 Å². The highest BCUT2D eigenvalue weighted by atomic mass is 19.3. The predicted molar refractivity (Wildman–Crippen MR) is 98.7 cm³/mol. The summed E-state index contributed by atoms with van der Waals surface area (Å²) in [7, 11) is 0. The first-order valence-electron chi connectivity index (χ1n) is 8.51. The molecule has 0 fully saturated rings. The Morgan fingerprint density at radius 2 is 1.68 bits per heavy atom. The smallest absolute Gasteiger partial charge is 0.387 e. The number of carbonyl (C=O) groups is 2. The molecule has 0 aliphatic carbocycles. The molecule has 8 heteroatoms. The molecule has 0 unspecified atom stereocenters. The van der Waals surface area contributed by atoms with Gasteiger partial charge in [0, 0.05) is 0 Å². The van der Waals surface area contributed by atoms with Crippen molar-refractivity contribution in [1.82, 2.24) is 0 Å². The molecule has 6 nitrogen and oxygen atoms in total. The van der Waals surface area contributed by atoms with Crippen LogP contribution in [0.15, 0.2) is 42.5 Å². The SMILES string of the molecule is Cc1cccc(C)c1OCC(=O)O[C@H](C)C(=O)Nc1ccccc1OC(F)F. The summed E-state index contributed by atoms with van der Waals surface area (Å²) in [6, 6.07) is 11.3. The fourth-order valence-corrected chi connectivity index (χ4v) is 2.45. The summed E-state index contributed by atoms with van der Waals surface area (Å²) in [5, 5.41) is 2.40. The first kappa shape index (κ1) is 21.1. The van der Waals surface area contributed by atoms with Crippen molar-refractivity contribution in [1.29, 1.82) is 0 Å². The van der Waals surface area contributed by atoms with E-state index in [1.54, 1.807) is 6.07 Å². The number of benzene rings is 2. The van der Waals surface area contributed by atoms with Crippen molar-refractivity contribution >= 4 is 17.6 Å². The first-order chi connectivity index (χ1) is 13.3. The zero-order chi connectivity index (χ0) is 20.7. The van der Waals surface area contributed by atoms with Crippen LogP contribution in [0.1, 0.15) is 18.1 Å². The molecule has 0 heterocycles. The van der Waals surface area contributed by atoms with Crippen LogP contribution in [0.2, 0.25) is 0 Å². The van der Waals surface area contributed by atoms with Gasteiger partial charge in [-0.1, -0.05) is 30.3 Å². The van der Waals surface area contributed by atoms with Crippen molar-refractivity contribution in [3.05, 3.63) is 53.6 Å². The van der Waals surface area contributed by atoms with Gasteiger partial charge in [-0.3, -0.25) is 4.79 Å². The lowest BCUT2D eigenvalue weighted by Gasteiger charge is -2.16. The molecule has 1 atom stereocenters. The van der Waals surface area contributed by atoms with Crippen LogP contribution in [-0.2, 0) is 14.3 Å². The Bertz CT molecular complexity index is 821. The van der Waals surface area contributed by atoms with Crippen LogP contribution in [0.5, 0.6) is 11.5 Å². The van der Waals surface area contributed by atoms with Crippen molar-refractivity contribution in [2.75, 3.05) is 11.9 Å². The van der Waals surface area contributed by atoms with Crippen molar-refractivity contribution in [2.45, 2.75) is 33.5 Å². The van der Waals surface area contributed by atoms with Crippen LogP contribution < -0.4 is 14.8 Å². The number of carbonyl (C=O) groups excluding carboxylic acids is 2. The molecule has 0 radical (unpaired) electrons. The Labute approximate surface area is 161 Å². The maximum absolute atomic E-state index is 12.4. The number of halogens is 2. The highest BCUT2D eigenvalue weighted by Crippen LogP contribution is 2.26. The molecular weight excluding hydrogens is 372 g/mol. The predicted octanol–water partition coefficient (Wildman–Crippen LogP) is 3.85. The number of amides is 1. The van der Waals surface area contributed by atoms with E-state index in [-0.39, 0.29) is 18.0 Å². The maximum Gasteiger partial charge on any atom is 0.387 e. The number of aryl methyl sites for hydroxylation is 2. The summed E-state index contributed by atoms with van der Waals surface area (Å²) in [4.78, 5) is 24.2. The summed E-state index contributed by atoms with van der Waals surface area (Å²) in [5.41, 5.74) is 1.78. The number of ether oxygens (including phenoxy) is 3. The van der Waals surface area contributed by atoms with Crippen LogP contribution in [0.4, 0.5) is 14.5 Å². The van der Waals surface area contributed by atoms with Gasteiger partial charge in [0.15, 0.2) is 12.7 Å². The summed E-state index contributed by atoms with van der Waals surface area (Å²) in [5.74, 6) is -1.04. The van der Waals surface area contributed by atoms with Gasteiger partial charge in [-0.15, -0.1) is 0 Å². The van der Waals surface area contributed by atoms with E-state index in [1.807, 2.05) is 32.0 Å². The molecule has 150 valence electrons. The van der Waals surface area contributed by atoms with Gasteiger partial charge in [-0.25, -0.2) is 4.79 Å². The van der Waals surface area contributed by atoms with Gasteiger partial charge in [0.1, 0.15) is 11.5 Å². The van der Waals surface area contributed by atoms with Crippen LogP contribution in [-0.4, -0.2) is 31.2 Å². The van der Waals surface area contributed by atoms with Gasteiger partial charge >= 0.3 is 12.6 Å². The third-order valence-corrected chi connectivity index (χ3v) is 3.78. The number of nitrogens with one attached hydrogen (secondary N) is 1. The fourth-order valence-electron chi connectivity index (χ4n) is 2.45. The molecule has 0 saturated carbocycles. The van der Waals surface area contributed by atoms with E-state index in [1.165, 1.54) is 25.1 Å². The van der Waals surface area contributed by atoms with Crippen molar-refractivity contribution < 1.29 is 32.6 Å². The summed E-state index contributed by atoms with van der Waals surface area (Å²) in [6.07, 6.45) is -1.16. The van der Waals surface area contributed by atoms with Crippen LogP contribution in [0.3, 0.4) is 0 Å². The van der Waals surface area contributed by atoms with E-state index in [9.17, 15) is 18.4 Å². The van der Waals surface area contributed by atoms with Crippen molar-refractivity contribution in [2.24, 2.45) is 0 Å². The topological polar surface area (TPSA) is 73.9 Å². The summed E-state index contributed by atoms with van der Waals surface area (Å²) in [6.45, 7) is 1.66. The zero-order valence-electron chi connectivity index (χ0n) is 15.7. The average molecular weight is 393 g/mol. The largest absolute Gasteiger partial charge is 0.481 e. The van der Waals surface area contributed by atoms with Gasteiger partial charge < -0.3 is 19.5 Å². The number of hydrogen-bond donors (Lipinski definition) is 1. The Morgan fingerprint density at radius 3 is 2.32 bits per heavy atom. The van der Waals surface area contributed by atoms with E-state index < -0.39 is 24.6 Å². The van der Waals surface area contributed by atoms with E-state index >= 15 is 0 Å². The van der Waals surface area contributed by atoms with Crippen LogP contribution >= 0.6 is 0 Å². The lowest BCUT2D eigenvalue weighted by atomic mass is 10.1. The van der Waals surface area contributed by atoms with E-state index in [2.05, 4.69) is 10.1 Å². The number of alkyl halides is 2. The highest BCUT2D eigenvalue weighted by molar-refractivity contribution is 5.96. The fraction of sp³-hybridized carbons (Fsp3) is 0.300. The van der Waals surface area contributed by atoms with Crippen molar-refractivity contribution in [3.8, 4) is 11.5 Å². The normalized spacial score (nSPS) is 11.6. The number of para-hydroxylation sites is 3. The zero-order valence-corrected chi connectivity index (χ0v) is 15.7. The van der Waals surface area contributed by atoms with Gasteiger partial charge in [0.25, 0.3) is 5.91 Å². The van der Waals surface area contributed by atoms with E-state index in [0.29, 0.717) is 5.75 Å². The molecule has 1 amide bonds. The molecule has 0 aromatic heterocycles. The Kier molecular flexibility index (Phi) is 7.31. The van der Waals surface area contributed by atoms with Crippen LogP contribution in [0.25, 0.3) is 0 Å². The van der Waals surface area contributed by atoms with E-state index in [0.717, 1.165) is 11.1 Å². The monoisotopic (exact) mass is 393 g/mol. The van der Waals surface area contributed by atoms with Gasteiger partial charge in [0.2, 0.25) is 0 Å². The number of esters is 1. The third-order valence-electron chi connectivity index (χ3n) is 3.78. The highest BCUT2D eigenvalue weighted by Gasteiger charge is 2.20. The molecule has 28 heavy (non-hydrogen) atoms. The maximum atomic E-state index is 12.4. The Morgan fingerprint density at radius 1 is 1.04 bits per heavy atom. The Hall–Kier alpha value is -3.16. The van der Waals surface area contributed by atoms with Gasteiger partial charge in [0.05, 0.1) is 5.69 Å². The average Bonchev–Trinajstić information content (AvgIpc) is 2.62. The molecule has 0 aliphatic heterocycles. The summed E-state index contributed by atoms with van der Waals surface area (Å²) < 4.78 is 39.7. The molecule has 2 rings (SSSR count). The second-order valence-electron chi connectivity index (χ2n) is 6.01. The second-order valence-corrected chi connectivity index (χ2v) is 6.01. The van der Waals surface area contributed by atoms with Crippen LogP contribution in [0, 0.1) is 13.8 Å². The number of anilines is 1. The number of rotatable bonds is 8. The molecular formula is C20H21F2NO5. The quantitative estimate of drug-likeness (QED) is 0.690.